The van der Waals surface area contributed by atoms with E-state index in [0.717, 1.165) is 28.7 Å². The van der Waals surface area contributed by atoms with E-state index in [2.05, 4.69) is 11.4 Å². The third-order valence-electron chi connectivity index (χ3n) is 5.23. The maximum Gasteiger partial charge on any atom is 0.235 e. The fourth-order valence-electron chi connectivity index (χ4n) is 3.89. The van der Waals surface area contributed by atoms with E-state index >= 15 is 0 Å². The molecule has 144 valence electrons. The lowest BCUT2D eigenvalue weighted by atomic mass is 9.92. The summed E-state index contributed by atoms with van der Waals surface area (Å²) < 4.78 is 12.7. The van der Waals surface area contributed by atoms with E-state index < -0.39 is 10.8 Å². The van der Waals surface area contributed by atoms with Crippen molar-refractivity contribution >= 4 is 33.8 Å². The molecule has 3 rings (SSSR count). The van der Waals surface area contributed by atoms with E-state index in [0.29, 0.717) is 24.4 Å². The van der Waals surface area contributed by atoms with Crippen LogP contribution in [-0.4, -0.2) is 33.1 Å². The maximum absolute atomic E-state index is 12.7. The fourth-order valence-corrected chi connectivity index (χ4v) is 6.11. The van der Waals surface area contributed by atoms with Gasteiger partial charge < -0.3 is 4.90 Å². The molecule has 0 saturated heterocycles. The topological polar surface area (TPSA) is 54.5 Å². The molecule has 1 aromatic heterocycles. The van der Waals surface area contributed by atoms with Crippen LogP contribution in [0.4, 0.5) is 0 Å². The molecular weight excluding hydrogens is 378 g/mol. The zero-order chi connectivity index (χ0) is 19.7. The summed E-state index contributed by atoms with van der Waals surface area (Å²) in [5.74, 6) is 0.302. The first kappa shape index (κ1) is 20.0. The molecule has 1 aliphatic rings. The zero-order valence-corrected chi connectivity index (χ0v) is 17.9. The predicted octanol–water partition coefficient (Wildman–Crippen LogP) is 3.71. The first-order chi connectivity index (χ1) is 12.8. The van der Waals surface area contributed by atoms with Gasteiger partial charge in [0.15, 0.2) is 5.78 Å². The average molecular weight is 404 g/mol. The number of hydrogen-bond donors (Lipinski definition) is 0. The highest BCUT2D eigenvalue weighted by atomic mass is 32.2. The van der Waals surface area contributed by atoms with E-state index in [1.54, 1.807) is 18.3 Å². The summed E-state index contributed by atoms with van der Waals surface area (Å²) in [7, 11) is -1.30. The van der Waals surface area contributed by atoms with Gasteiger partial charge in [0, 0.05) is 40.1 Å². The Bertz CT molecular complexity index is 930. The summed E-state index contributed by atoms with van der Waals surface area (Å²) in [5.41, 5.74) is 5.71. The molecule has 4 nitrogen and oxygen atoms in total. The van der Waals surface area contributed by atoms with Crippen LogP contribution in [0, 0.1) is 20.8 Å². The van der Waals surface area contributed by atoms with Crippen molar-refractivity contribution in [1.82, 2.24) is 4.90 Å². The van der Waals surface area contributed by atoms with Gasteiger partial charge in [-0.05, 0) is 73.4 Å². The third-order valence-corrected chi connectivity index (χ3v) is 7.44. The van der Waals surface area contributed by atoms with E-state index in [4.69, 9.17) is 0 Å². The summed E-state index contributed by atoms with van der Waals surface area (Å²) in [4.78, 5) is 27.7. The molecule has 1 aliphatic heterocycles. The van der Waals surface area contributed by atoms with Gasteiger partial charge in [-0.3, -0.25) is 13.8 Å². The minimum atomic E-state index is -1.30. The van der Waals surface area contributed by atoms with Crippen molar-refractivity contribution in [3.63, 3.8) is 0 Å². The van der Waals surface area contributed by atoms with Gasteiger partial charge >= 0.3 is 0 Å². The zero-order valence-electron chi connectivity index (χ0n) is 16.3. The second-order valence-electron chi connectivity index (χ2n) is 7.21. The quantitative estimate of drug-likeness (QED) is 0.715. The van der Waals surface area contributed by atoms with Crippen molar-refractivity contribution in [2.45, 2.75) is 46.4 Å². The molecule has 1 aromatic carbocycles. The van der Waals surface area contributed by atoms with E-state index in [-0.39, 0.29) is 17.4 Å². The molecule has 2 heterocycles. The number of Topliss-reactive ketones (excluding diaryl/α,β-unsaturated/α-hetero) is 1. The fraction of sp³-hybridized carbons (Fsp3) is 0.429. The average Bonchev–Trinajstić information content (AvgIpc) is 3.05. The van der Waals surface area contributed by atoms with Gasteiger partial charge in [-0.2, -0.15) is 0 Å². The van der Waals surface area contributed by atoms with Gasteiger partial charge in [0.25, 0.3) is 0 Å². The second-order valence-corrected chi connectivity index (χ2v) is 9.67. The van der Waals surface area contributed by atoms with Crippen molar-refractivity contribution in [1.29, 1.82) is 0 Å². The van der Waals surface area contributed by atoms with Crippen molar-refractivity contribution in [3.05, 3.63) is 55.8 Å². The molecule has 1 atom stereocenters. The summed E-state index contributed by atoms with van der Waals surface area (Å²) >= 11 is 1.74. The summed E-state index contributed by atoms with van der Waals surface area (Å²) in [5, 5.41) is 2.06. The standard InChI is InChI=1S/C21H25NO3S2/c1-13-9-14(2)21(16(4)23)15(3)18(13)11-27(25)12-20(24)22-7-5-19-17(10-22)6-8-26-19/h6,8-9H,5,7,10-12H2,1-4H3. The second kappa shape index (κ2) is 8.07. The number of thiophene rings is 1. The number of rotatable bonds is 5. The number of carbonyl (C=O) groups excluding carboxylic acids is 2. The molecule has 6 heteroatoms. The highest BCUT2D eigenvalue weighted by molar-refractivity contribution is 7.84. The number of nitrogens with zero attached hydrogens (tertiary/aromatic N) is 1. The van der Waals surface area contributed by atoms with E-state index in [1.165, 1.54) is 10.4 Å². The number of hydrogen-bond acceptors (Lipinski definition) is 4. The van der Waals surface area contributed by atoms with Crippen LogP contribution in [0.1, 0.15) is 50.0 Å². The van der Waals surface area contributed by atoms with Gasteiger partial charge in [-0.1, -0.05) is 6.07 Å². The predicted molar refractivity (Wildman–Crippen MR) is 111 cm³/mol. The lowest BCUT2D eigenvalue weighted by Crippen LogP contribution is -2.38. The highest BCUT2D eigenvalue weighted by Crippen LogP contribution is 2.26. The number of fused-ring (bicyclic) bond motifs is 1. The minimum absolute atomic E-state index is 0.0213. The molecule has 0 spiro atoms. The Kier molecular flexibility index (Phi) is 5.96. The van der Waals surface area contributed by atoms with E-state index in [9.17, 15) is 13.8 Å². The normalized spacial score (nSPS) is 14.7. The molecule has 0 aliphatic carbocycles. The largest absolute Gasteiger partial charge is 0.337 e. The molecule has 2 aromatic rings. The molecular formula is C21H25NO3S2. The van der Waals surface area contributed by atoms with Gasteiger partial charge in [0.2, 0.25) is 5.91 Å². The van der Waals surface area contributed by atoms with Crippen molar-refractivity contribution in [3.8, 4) is 0 Å². The van der Waals surface area contributed by atoms with Crippen molar-refractivity contribution in [2.24, 2.45) is 0 Å². The highest BCUT2D eigenvalue weighted by Gasteiger charge is 2.23. The Morgan fingerprint density at radius 3 is 2.67 bits per heavy atom. The van der Waals surface area contributed by atoms with Gasteiger partial charge in [-0.25, -0.2) is 0 Å². The Hall–Kier alpha value is -1.79. The Labute approximate surface area is 167 Å². The molecule has 0 bridgehead atoms. The third kappa shape index (κ3) is 4.22. The number of carbonyl (C=O) groups is 2. The number of benzene rings is 1. The first-order valence-corrected chi connectivity index (χ1v) is 11.4. The Balaban J connectivity index is 1.70. The molecule has 0 saturated carbocycles. The van der Waals surface area contributed by atoms with E-state index in [1.807, 2.05) is 31.7 Å². The van der Waals surface area contributed by atoms with Crippen LogP contribution in [0.5, 0.6) is 0 Å². The van der Waals surface area contributed by atoms with Crippen LogP contribution in [0.25, 0.3) is 0 Å². The number of amides is 1. The Morgan fingerprint density at radius 1 is 1.22 bits per heavy atom. The SMILES string of the molecule is CC(=O)c1c(C)cc(C)c(CS(=O)CC(=O)N2CCc3sccc3C2)c1C. The van der Waals surface area contributed by atoms with Gasteiger partial charge in [0.1, 0.15) is 5.75 Å². The lowest BCUT2D eigenvalue weighted by molar-refractivity contribution is -0.129. The van der Waals surface area contributed by atoms with Crippen molar-refractivity contribution in [2.75, 3.05) is 12.3 Å². The maximum atomic E-state index is 12.7. The van der Waals surface area contributed by atoms with Crippen molar-refractivity contribution < 1.29 is 13.8 Å². The van der Waals surface area contributed by atoms with Crippen LogP contribution < -0.4 is 0 Å². The number of aryl methyl sites for hydroxylation is 2. The summed E-state index contributed by atoms with van der Waals surface area (Å²) in [6, 6.07) is 4.04. The summed E-state index contributed by atoms with van der Waals surface area (Å²) in [6.45, 7) is 8.68. The molecule has 1 amide bonds. The van der Waals surface area contributed by atoms with Gasteiger partial charge in [-0.15, -0.1) is 11.3 Å². The molecule has 0 radical (unpaired) electrons. The van der Waals surface area contributed by atoms with Crippen LogP contribution >= 0.6 is 11.3 Å². The number of ketones is 1. The van der Waals surface area contributed by atoms with Crippen LogP contribution in [0.15, 0.2) is 17.5 Å². The lowest BCUT2D eigenvalue weighted by Gasteiger charge is -2.27. The Morgan fingerprint density at radius 2 is 1.96 bits per heavy atom. The molecule has 27 heavy (non-hydrogen) atoms. The minimum Gasteiger partial charge on any atom is -0.337 e. The van der Waals surface area contributed by atoms with Gasteiger partial charge in [0.05, 0.1) is 0 Å². The van der Waals surface area contributed by atoms with Crippen LogP contribution in [0.3, 0.4) is 0 Å². The van der Waals surface area contributed by atoms with Crippen LogP contribution in [0.2, 0.25) is 0 Å². The first-order valence-electron chi connectivity index (χ1n) is 9.06. The summed E-state index contributed by atoms with van der Waals surface area (Å²) in [6.07, 6.45) is 0.878. The smallest absolute Gasteiger partial charge is 0.235 e. The van der Waals surface area contributed by atoms with Crippen LogP contribution in [-0.2, 0) is 34.3 Å². The molecule has 1 unspecified atom stereocenters. The molecule has 0 fully saturated rings. The molecule has 0 N–H and O–H groups in total. The monoisotopic (exact) mass is 403 g/mol.